The van der Waals surface area contributed by atoms with Crippen molar-refractivity contribution >= 4 is 38.7 Å². The summed E-state index contributed by atoms with van der Waals surface area (Å²) in [7, 11) is -3.52. The molecule has 0 radical (unpaired) electrons. The van der Waals surface area contributed by atoms with Crippen LogP contribution in [0.3, 0.4) is 0 Å². The van der Waals surface area contributed by atoms with E-state index in [2.05, 4.69) is 28.6 Å². The third-order valence-electron chi connectivity index (χ3n) is 2.06. The number of alkyl halides is 1. The SMILES string of the molecule is CC(S)CCS(=O)(=O)Oc1cccc(CBr)c1. The number of halogens is 1. The van der Waals surface area contributed by atoms with Gasteiger partial charge in [-0.15, -0.1) is 0 Å². The van der Waals surface area contributed by atoms with Crippen molar-refractivity contribution in [3.05, 3.63) is 29.8 Å². The number of hydrogen-bond donors (Lipinski definition) is 1. The molecule has 0 fully saturated rings. The van der Waals surface area contributed by atoms with E-state index in [1.807, 2.05) is 13.0 Å². The second-order valence-corrected chi connectivity index (χ2v) is 6.90. The van der Waals surface area contributed by atoms with E-state index in [4.69, 9.17) is 4.18 Å². The van der Waals surface area contributed by atoms with Gasteiger partial charge in [0, 0.05) is 5.33 Å². The van der Waals surface area contributed by atoms with Gasteiger partial charge in [0.1, 0.15) is 5.75 Å². The lowest BCUT2D eigenvalue weighted by Gasteiger charge is -2.08. The van der Waals surface area contributed by atoms with E-state index < -0.39 is 10.1 Å². The zero-order valence-electron chi connectivity index (χ0n) is 9.47. The Bertz CT molecular complexity index is 458. The molecule has 1 atom stereocenters. The van der Waals surface area contributed by atoms with E-state index in [-0.39, 0.29) is 11.0 Å². The van der Waals surface area contributed by atoms with Crippen molar-refractivity contribution in [2.75, 3.05) is 5.75 Å². The number of rotatable bonds is 6. The normalized spacial score (nSPS) is 13.4. The molecule has 0 spiro atoms. The maximum absolute atomic E-state index is 11.6. The molecule has 3 nitrogen and oxygen atoms in total. The predicted molar refractivity (Wildman–Crippen MR) is 76.6 cm³/mol. The zero-order chi connectivity index (χ0) is 12.9. The fourth-order valence-corrected chi connectivity index (χ4v) is 2.96. The third kappa shape index (κ3) is 5.79. The smallest absolute Gasteiger partial charge is 0.309 e. The van der Waals surface area contributed by atoms with Crippen LogP contribution in [0.4, 0.5) is 0 Å². The van der Waals surface area contributed by atoms with Crippen LogP contribution in [-0.2, 0) is 15.4 Å². The number of hydrogen-bond acceptors (Lipinski definition) is 4. The average molecular weight is 339 g/mol. The summed E-state index contributed by atoms with van der Waals surface area (Å²) in [6, 6.07) is 7.00. The fraction of sp³-hybridized carbons (Fsp3) is 0.455. The molecule has 0 saturated carbocycles. The van der Waals surface area contributed by atoms with Gasteiger partial charge in [-0.05, 0) is 29.4 Å². The van der Waals surface area contributed by atoms with Crippen LogP contribution in [0.25, 0.3) is 0 Å². The molecule has 1 aromatic carbocycles. The summed E-state index contributed by atoms with van der Waals surface area (Å²) >= 11 is 7.45. The van der Waals surface area contributed by atoms with E-state index in [0.29, 0.717) is 17.5 Å². The standard InChI is InChI=1S/C11H15BrO3S2/c1-9(16)5-6-17(13,14)15-11-4-2-3-10(7-11)8-12/h2-4,7,9,16H,5-6,8H2,1H3. The zero-order valence-corrected chi connectivity index (χ0v) is 12.8. The van der Waals surface area contributed by atoms with Crippen molar-refractivity contribution in [3.8, 4) is 5.75 Å². The largest absolute Gasteiger partial charge is 0.382 e. The lowest BCUT2D eigenvalue weighted by molar-refractivity contribution is 0.484. The summed E-state index contributed by atoms with van der Waals surface area (Å²) in [4.78, 5) is 0. The van der Waals surface area contributed by atoms with Gasteiger partial charge >= 0.3 is 10.1 Å². The molecule has 1 rings (SSSR count). The van der Waals surface area contributed by atoms with Crippen molar-refractivity contribution in [2.24, 2.45) is 0 Å². The molecule has 0 aromatic heterocycles. The van der Waals surface area contributed by atoms with Crippen LogP contribution in [0, 0.1) is 0 Å². The monoisotopic (exact) mass is 338 g/mol. The lowest BCUT2D eigenvalue weighted by Crippen LogP contribution is -2.16. The lowest BCUT2D eigenvalue weighted by atomic mass is 10.2. The minimum Gasteiger partial charge on any atom is -0.382 e. The summed E-state index contributed by atoms with van der Waals surface area (Å²) in [5.41, 5.74) is 0.972. The van der Waals surface area contributed by atoms with Crippen LogP contribution in [0.5, 0.6) is 5.75 Å². The molecule has 6 heteroatoms. The van der Waals surface area contributed by atoms with E-state index in [1.165, 1.54) is 0 Å². The van der Waals surface area contributed by atoms with Crippen LogP contribution >= 0.6 is 28.6 Å². The van der Waals surface area contributed by atoms with Gasteiger partial charge < -0.3 is 4.18 Å². The van der Waals surface area contributed by atoms with E-state index in [9.17, 15) is 8.42 Å². The first kappa shape index (κ1) is 14.9. The fourth-order valence-electron chi connectivity index (χ4n) is 1.18. The highest BCUT2D eigenvalue weighted by molar-refractivity contribution is 9.08. The van der Waals surface area contributed by atoms with Gasteiger partial charge in [-0.25, -0.2) is 0 Å². The average Bonchev–Trinajstić information content (AvgIpc) is 2.26. The molecule has 0 heterocycles. The highest BCUT2D eigenvalue weighted by Crippen LogP contribution is 2.18. The van der Waals surface area contributed by atoms with Gasteiger partial charge in [-0.3, -0.25) is 0 Å². The van der Waals surface area contributed by atoms with Crippen molar-refractivity contribution in [1.82, 2.24) is 0 Å². The quantitative estimate of drug-likeness (QED) is 0.492. The number of benzene rings is 1. The van der Waals surface area contributed by atoms with Crippen LogP contribution < -0.4 is 4.18 Å². The maximum atomic E-state index is 11.6. The molecule has 1 aromatic rings. The molecule has 0 aliphatic heterocycles. The van der Waals surface area contributed by atoms with Gasteiger partial charge in [0.2, 0.25) is 0 Å². The van der Waals surface area contributed by atoms with Crippen molar-refractivity contribution < 1.29 is 12.6 Å². The summed E-state index contributed by atoms with van der Waals surface area (Å²) in [5, 5.41) is 0.708. The Morgan fingerprint density at radius 2 is 2.18 bits per heavy atom. The summed E-state index contributed by atoms with van der Waals surface area (Å²) < 4.78 is 28.3. The Hall–Kier alpha value is -0.200. The van der Waals surface area contributed by atoms with Gasteiger partial charge in [-0.2, -0.15) is 21.0 Å². The van der Waals surface area contributed by atoms with Gasteiger partial charge in [0.15, 0.2) is 0 Å². The van der Waals surface area contributed by atoms with Crippen LogP contribution in [0.15, 0.2) is 24.3 Å². The van der Waals surface area contributed by atoms with Crippen molar-refractivity contribution in [3.63, 3.8) is 0 Å². The Balaban J connectivity index is 2.69. The highest BCUT2D eigenvalue weighted by Gasteiger charge is 2.14. The Kier molecular flexibility index (Phi) is 5.82. The first-order chi connectivity index (χ1) is 7.93. The molecule has 0 bridgehead atoms. The topological polar surface area (TPSA) is 43.4 Å². The molecule has 17 heavy (non-hydrogen) atoms. The van der Waals surface area contributed by atoms with Crippen LogP contribution in [0.1, 0.15) is 18.9 Å². The van der Waals surface area contributed by atoms with E-state index >= 15 is 0 Å². The molecular weight excluding hydrogens is 324 g/mol. The summed E-state index contributed by atoms with van der Waals surface area (Å²) in [5.74, 6) is 0.338. The van der Waals surface area contributed by atoms with Crippen LogP contribution in [0.2, 0.25) is 0 Å². The highest BCUT2D eigenvalue weighted by atomic mass is 79.9. The van der Waals surface area contributed by atoms with Gasteiger partial charge in [-0.1, -0.05) is 35.0 Å². The van der Waals surface area contributed by atoms with Gasteiger partial charge in [0.25, 0.3) is 0 Å². The summed E-state index contributed by atoms with van der Waals surface area (Å²) in [6.07, 6.45) is 0.476. The molecule has 0 aliphatic carbocycles. The van der Waals surface area contributed by atoms with Crippen molar-refractivity contribution in [2.45, 2.75) is 23.9 Å². The number of thiol groups is 1. The molecule has 0 saturated heterocycles. The summed E-state index contributed by atoms with van der Waals surface area (Å²) in [6.45, 7) is 1.85. The minimum atomic E-state index is -3.52. The maximum Gasteiger partial charge on any atom is 0.309 e. The first-order valence-corrected chi connectivity index (χ1v) is 8.39. The second-order valence-electron chi connectivity index (χ2n) is 3.76. The first-order valence-electron chi connectivity index (χ1n) is 5.18. The molecule has 1 unspecified atom stereocenters. The molecular formula is C11H15BrO3S2. The van der Waals surface area contributed by atoms with E-state index in [0.717, 1.165) is 5.56 Å². The second kappa shape index (κ2) is 6.66. The molecule has 0 amide bonds. The Morgan fingerprint density at radius 1 is 1.47 bits per heavy atom. The molecule has 96 valence electrons. The predicted octanol–water partition coefficient (Wildman–Crippen LogP) is 3.00. The van der Waals surface area contributed by atoms with Crippen LogP contribution in [-0.4, -0.2) is 19.4 Å². The Labute approximate surface area is 116 Å². The van der Waals surface area contributed by atoms with Gasteiger partial charge in [0.05, 0.1) is 5.75 Å². The molecule has 0 N–H and O–H groups in total. The van der Waals surface area contributed by atoms with Crippen molar-refractivity contribution in [1.29, 1.82) is 0 Å². The Morgan fingerprint density at radius 3 is 2.76 bits per heavy atom. The minimum absolute atomic E-state index is 0.0177. The van der Waals surface area contributed by atoms with E-state index in [1.54, 1.807) is 18.2 Å². The third-order valence-corrected chi connectivity index (χ3v) is 4.15. The molecule has 0 aliphatic rings.